The number of benzene rings is 1. The van der Waals surface area contributed by atoms with E-state index in [0.29, 0.717) is 5.41 Å². The van der Waals surface area contributed by atoms with Crippen molar-refractivity contribution in [2.24, 2.45) is 11.3 Å². The molecule has 23 heavy (non-hydrogen) atoms. The van der Waals surface area contributed by atoms with Gasteiger partial charge in [-0.2, -0.15) is 0 Å². The second-order valence-corrected chi connectivity index (χ2v) is 8.85. The van der Waals surface area contributed by atoms with Crippen molar-refractivity contribution in [2.75, 3.05) is 6.54 Å². The van der Waals surface area contributed by atoms with E-state index < -0.39 is 0 Å². The Morgan fingerprint density at radius 3 is 2.57 bits per heavy atom. The molecule has 0 amide bonds. The summed E-state index contributed by atoms with van der Waals surface area (Å²) in [5.41, 5.74) is 5.70. The van der Waals surface area contributed by atoms with E-state index in [-0.39, 0.29) is 0 Å². The Kier molecular flexibility index (Phi) is 3.37. The minimum Gasteiger partial charge on any atom is -0.313 e. The van der Waals surface area contributed by atoms with Crippen LogP contribution in [0.3, 0.4) is 0 Å². The minimum absolute atomic E-state index is 0.642. The highest BCUT2D eigenvalue weighted by Gasteiger charge is 2.57. The van der Waals surface area contributed by atoms with E-state index in [0.717, 1.165) is 23.8 Å². The van der Waals surface area contributed by atoms with Crippen molar-refractivity contribution in [3.05, 3.63) is 34.9 Å². The Morgan fingerprint density at radius 1 is 1.00 bits per heavy atom. The van der Waals surface area contributed by atoms with Crippen LogP contribution in [-0.4, -0.2) is 12.6 Å². The largest absolute Gasteiger partial charge is 0.313 e. The van der Waals surface area contributed by atoms with Crippen molar-refractivity contribution >= 4 is 0 Å². The van der Waals surface area contributed by atoms with Crippen molar-refractivity contribution in [1.82, 2.24) is 5.32 Å². The summed E-state index contributed by atoms with van der Waals surface area (Å²) in [7, 11) is 0. The van der Waals surface area contributed by atoms with Crippen LogP contribution in [0.5, 0.6) is 0 Å². The van der Waals surface area contributed by atoms with E-state index in [9.17, 15) is 0 Å². The van der Waals surface area contributed by atoms with Gasteiger partial charge in [0.05, 0.1) is 0 Å². The molecular formula is C22H31N. The van der Waals surface area contributed by atoms with Gasteiger partial charge < -0.3 is 5.32 Å². The van der Waals surface area contributed by atoms with Crippen LogP contribution in [0.2, 0.25) is 0 Å². The number of hydrogen-bond acceptors (Lipinski definition) is 1. The zero-order valence-corrected chi connectivity index (χ0v) is 14.6. The number of hydrogen-bond donors (Lipinski definition) is 1. The van der Waals surface area contributed by atoms with Crippen LogP contribution in [0.1, 0.15) is 86.3 Å². The van der Waals surface area contributed by atoms with E-state index in [1.807, 2.05) is 0 Å². The highest BCUT2D eigenvalue weighted by atomic mass is 15.0. The number of rotatable bonds is 2. The standard InChI is InChI=1S/C22H31N/c1-15-7-4-10-17-19(15)18-11-5-14-23-21(18)20(17)22(12-6-13-22)16-8-2-3-9-16/h4,7,10,16,18,20-21,23H,2-3,5-6,8-9,11-14H2,1H3. The maximum Gasteiger partial charge on any atom is 0.0210 e. The molecule has 1 aromatic rings. The minimum atomic E-state index is 0.642. The molecule has 1 heteroatoms. The lowest BCUT2D eigenvalue weighted by molar-refractivity contribution is 0.00302. The van der Waals surface area contributed by atoms with E-state index >= 15 is 0 Å². The van der Waals surface area contributed by atoms with E-state index in [1.165, 1.54) is 64.3 Å². The SMILES string of the molecule is Cc1cccc2c1C1CCCNC1C2C1(C2CCCC2)CCC1. The van der Waals surface area contributed by atoms with Crippen molar-refractivity contribution in [1.29, 1.82) is 0 Å². The van der Waals surface area contributed by atoms with E-state index in [1.54, 1.807) is 16.7 Å². The first-order valence-electron chi connectivity index (χ1n) is 10.1. The maximum absolute atomic E-state index is 4.00. The van der Waals surface area contributed by atoms with Crippen LogP contribution in [0.15, 0.2) is 18.2 Å². The molecule has 0 aromatic heterocycles. The van der Waals surface area contributed by atoms with E-state index in [2.05, 4.69) is 30.4 Å². The Bertz CT molecular complexity index is 594. The summed E-state index contributed by atoms with van der Waals surface area (Å²) in [5, 5.41) is 4.00. The molecule has 3 aliphatic carbocycles. The Hall–Kier alpha value is -0.820. The van der Waals surface area contributed by atoms with Gasteiger partial charge in [-0.05, 0) is 80.0 Å². The quantitative estimate of drug-likeness (QED) is 0.783. The average Bonchev–Trinajstić information content (AvgIpc) is 3.15. The zero-order chi connectivity index (χ0) is 15.4. The zero-order valence-electron chi connectivity index (χ0n) is 14.6. The molecule has 0 bridgehead atoms. The molecule has 3 atom stereocenters. The number of nitrogens with one attached hydrogen (secondary N) is 1. The maximum atomic E-state index is 4.00. The molecule has 4 aliphatic rings. The summed E-state index contributed by atoms with van der Waals surface area (Å²) in [6.45, 7) is 3.60. The molecular weight excluding hydrogens is 278 g/mol. The van der Waals surface area contributed by atoms with Gasteiger partial charge in [-0.25, -0.2) is 0 Å². The molecule has 0 spiro atoms. The lowest BCUT2D eigenvalue weighted by Gasteiger charge is -2.54. The Morgan fingerprint density at radius 2 is 1.83 bits per heavy atom. The Balaban J connectivity index is 1.62. The van der Waals surface area contributed by atoms with Gasteiger partial charge in [-0.15, -0.1) is 0 Å². The highest BCUT2D eigenvalue weighted by molar-refractivity contribution is 5.48. The van der Waals surface area contributed by atoms with Gasteiger partial charge in [-0.3, -0.25) is 0 Å². The summed E-state index contributed by atoms with van der Waals surface area (Å²) in [4.78, 5) is 0. The first-order chi connectivity index (χ1) is 11.3. The van der Waals surface area contributed by atoms with Crippen LogP contribution >= 0.6 is 0 Å². The van der Waals surface area contributed by atoms with Crippen LogP contribution in [0.4, 0.5) is 0 Å². The molecule has 0 radical (unpaired) electrons. The molecule has 1 N–H and O–H groups in total. The third-order valence-electron chi connectivity index (χ3n) is 8.00. The summed E-state index contributed by atoms with van der Waals surface area (Å²) in [5.74, 6) is 2.61. The number of fused-ring (bicyclic) bond motifs is 3. The summed E-state index contributed by atoms with van der Waals surface area (Å²) in [6.07, 6.45) is 13.2. The fourth-order valence-electron chi connectivity index (χ4n) is 6.99. The lowest BCUT2D eigenvalue weighted by Crippen LogP contribution is -2.51. The summed E-state index contributed by atoms with van der Waals surface area (Å²) < 4.78 is 0. The topological polar surface area (TPSA) is 12.0 Å². The van der Waals surface area contributed by atoms with Crippen molar-refractivity contribution in [3.8, 4) is 0 Å². The van der Waals surface area contributed by atoms with Crippen LogP contribution < -0.4 is 5.32 Å². The van der Waals surface area contributed by atoms with Crippen molar-refractivity contribution in [2.45, 2.75) is 82.6 Å². The van der Waals surface area contributed by atoms with Gasteiger partial charge in [0.2, 0.25) is 0 Å². The molecule has 1 saturated heterocycles. The molecule has 3 unspecified atom stereocenters. The van der Waals surface area contributed by atoms with E-state index in [4.69, 9.17) is 0 Å². The molecule has 1 heterocycles. The molecule has 1 aliphatic heterocycles. The highest BCUT2D eigenvalue weighted by Crippen LogP contribution is 2.65. The van der Waals surface area contributed by atoms with Gasteiger partial charge in [0.15, 0.2) is 0 Å². The first kappa shape index (κ1) is 14.5. The fourth-order valence-corrected chi connectivity index (χ4v) is 6.99. The third kappa shape index (κ3) is 1.95. The smallest absolute Gasteiger partial charge is 0.0210 e. The molecule has 3 fully saturated rings. The van der Waals surface area contributed by atoms with Gasteiger partial charge in [0, 0.05) is 17.9 Å². The first-order valence-corrected chi connectivity index (χ1v) is 10.1. The average molecular weight is 309 g/mol. The third-order valence-corrected chi connectivity index (χ3v) is 8.00. The van der Waals surface area contributed by atoms with Gasteiger partial charge in [0.1, 0.15) is 0 Å². The molecule has 5 rings (SSSR count). The van der Waals surface area contributed by atoms with Crippen LogP contribution in [-0.2, 0) is 0 Å². The predicted octanol–water partition coefficient (Wildman–Crippen LogP) is 5.29. The van der Waals surface area contributed by atoms with Crippen molar-refractivity contribution in [3.63, 3.8) is 0 Å². The molecule has 124 valence electrons. The van der Waals surface area contributed by atoms with Crippen LogP contribution in [0, 0.1) is 18.3 Å². The fraction of sp³-hybridized carbons (Fsp3) is 0.727. The molecule has 2 saturated carbocycles. The number of aryl methyl sites for hydroxylation is 1. The van der Waals surface area contributed by atoms with Gasteiger partial charge in [-0.1, -0.05) is 37.5 Å². The normalized spacial score (nSPS) is 35.6. The monoisotopic (exact) mass is 309 g/mol. The second kappa shape index (κ2) is 5.34. The summed E-state index contributed by atoms with van der Waals surface area (Å²) in [6, 6.07) is 7.93. The predicted molar refractivity (Wildman–Crippen MR) is 95.9 cm³/mol. The molecule has 1 nitrogen and oxygen atoms in total. The lowest BCUT2D eigenvalue weighted by atomic mass is 9.52. The Labute approximate surface area is 141 Å². The number of piperidine rings is 1. The molecule has 1 aromatic carbocycles. The van der Waals surface area contributed by atoms with Gasteiger partial charge in [0.25, 0.3) is 0 Å². The van der Waals surface area contributed by atoms with Crippen LogP contribution in [0.25, 0.3) is 0 Å². The van der Waals surface area contributed by atoms with Gasteiger partial charge >= 0.3 is 0 Å². The van der Waals surface area contributed by atoms with Crippen molar-refractivity contribution < 1.29 is 0 Å². The summed E-state index contributed by atoms with van der Waals surface area (Å²) >= 11 is 0. The second-order valence-electron chi connectivity index (χ2n) is 8.85.